The van der Waals surface area contributed by atoms with Gasteiger partial charge in [-0.25, -0.2) is 9.59 Å². The number of morpholine rings is 1. The molecule has 0 amide bonds. The zero-order chi connectivity index (χ0) is 25.1. The molecule has 0 aliphatic carbocycles. The van der Waals surface area contributed by atoms with Crippen molar-refractivity contribution in [3.63, 3.8) is 0 Å². The van der Waals surface area contributed by atoms with Gasteiger partial charge in [-0.3, -0.25) is 0 Å². The van der Waals surface area contributed by atoms with Crippen LogP contribution in [0.3, 0.4) is 0 Å². The molecule has 0 bridgehead atoms. The van der Waals surface area contributed by atoms with E-state index < -0.39 is 24.1 Å². The molecule has 186 valence electrons. The Kier molecular flexibility index (Phi) is 10.9. The number of benzene rings is 2. The van der Waals surface area contributed by atoms with Crippen LogP contribution in [0.1, 0.15) is 5.56 Å². The van der Waals surface area contributed by atoms with Crippen LogP contribution < -0.4 is 10.6 Å². The van der Waals surface area contributed by atoms with Crippen molar-refractivity contribution in [2.75, 3.05) is 51.3 Å². The molecule has 0 saturated carbocycles. The number of carboxylic acid groups (broad SMARTS) is 2. The molecular weight excluding hydrogens is 442 g/mol. The maximum absolute atomic E-state index is 9.77. The van der Waals surface area contributed by atoms with E-state index in [9.17, 15) is 9.59 Å². The number of anilines is 1. The van der Waals surface area contributed by atoms with Crippen LogP contribution in [0.2, 0.25) is 0 Å². The Bertz CT molecular complexity index is 899. The molecule has 34 heavy (non-hydrogen) atoms. The lowest BCUT2D eigenvalue weighted by Gasteiger charge is -2.29. The van der Waals surface area contributed by atoms with Gasteiger partial charge in [0, 0.05) is 38.4 Å². The molecule has 1 aliphatic rings. The molecule has 1 fully saturated rings. The van der Waals surface area contributed by atoms with Crippen LogP contribution in [-0.4, -0.2) is 95.9 Å². The van der Waals surface area contributed by atoms with Gasteiger partial charge in [-0.05, 0) is 41.9 Å². The molecule has 0 unspecified atom stereocenters. The topological polar surface area (TPSA) is 157 Å². The highest BCUT2D eigenvalue weighted by Gasteiger charge is 2.29. The largest absolute Gasteiger partial charge is 0.479 e. The summed E-state index contributed by atoms with van der Waals surface area (Å²) in [5.41, 5.74) is 10.8. The third kappa shape index (κ3) is 8.40. The van der Waals surface area contributed by atoms with E-state index in [4.69, 9.17) is 30.9 Å². The highest BCUT2D eigenvalue weighted by Crippen LogP contribution is 2.25. The summed E-state index contributed by atoms with van der Waals surface area (Å²) in [6.07, 6.45) is -4.53. The monoisotopic (exact) mass is 475 g/mol. The van der Waals surface area contributed by atoms with Gasteiger partial charge >= 0.3 is 11.9 Å². The van der Waals surface area contributed by atoms with E-state index in [0.717, 1.165) is 39.4 Å². The number of nitrogens with zero attached hydrogens (tertiary/aromatic N) is 2. The zero-order valence-electron chi connectivity index (χ0n) is 19.2. The second-order valence-corrected chi connectivity index (χ2v) is 7.94. The lowest BCUT2D eigenvalue weighted by molar-refractivity contribution is -0.165. The van der Waals surface area contributed by atoms with Crippen LogP contribution in [0.5, 0.6) is 0 Å². The molecule has 0 radical (unpaired) electrons. The fourth-order valence-electron chi connectivity index (χ4n) is 3.42. The summed E-state index contributed by atoms with van der Waals surface area (Å²) in [5, 5.41) is 32.5. The van der Waals surface area contributed by atoms with E-state index in [2.05, 4.69) is 65.4 Å². The standard InChI is InChI=1S/C20H27N3O.C4H6O6/c1-22(10-9-21)16-17-3-2-4-19(15-17)18-5-7-20(8-6-18)23-11-13-24-14-12-23;5-1(3(7)8)2(6)4(9)10/h2-8,15H,9-14,16,21H2,1H3;1-2,5-6H,(H,7,8)(H,9,10)/t;1-,2-/m.1/s1. The second-order valence-electron chi connectivity index (χ2n) is 7.94. The first-order valence-corrected chi connectivity index (χ1v) is 11.0. The Labute approximate surface area is 198 Å². The van der Waals surface area contributed by atoms with Crippen LogP contribution >= 0.6 is 0 Å². The van der Waals surface area contributed by atoms with Gasteiger partial charge in [-0.15, -0.1) is 0 Å². The Morgan fingerprint density at radius 1 is 1.00 bits per heavy atom. The second kappa shape index (κ2) is 13.6. The lowest BCUT2D eigenvalue weighted by Crippen LogP contribution is -2.39. The normalized spacial score (nSPS) is 15.3. The Morgan fingerprint density at radius 3 is 2.12 bits per heavy atom. The number of carbonyl (C=O) groups is 2. The SMILES string of the molecule is CN(CCN)Cc1cccc(-c2ccc(N3CCOCC3)cc2)c1.O=C(O)[C@H](O)[C@@H](O)C(=O)O. The van der Waals surface area contributed by atoms with Crippen molar-refractivity contribution in [2.45, 2.75) is 18.8 Å². The number of carboxylic acids is 2. The molecule has 0 spiro atoms. The minimum atomic E-state index is -2.27. The number of hydrogen-bond acceptors (Lipinski definition) is 8. The van der Waals surface area contributed by atoms with Gasteiger partial charge in [0.25, 0.3) is 0 Å². The maximum Gasteiger partial charge on any atom is 0.335 e. The van der Waals surface area contributed by atoms with Gasteiger partial charge in [-0.2, -0.15) is 0 Å². The molecule has 3 rings (SSSR count). The zero-order valence-corrected chi connectivity index (χ0v) is 19.2. The van der Waals surface area contributed by atoms with Crippen LogP contribution in [0.25, 0.3) is 11.1 Å². The van der Waals surface area contributed by atoms with Crippen molar-refractivity contribution >= 4 is 17.6 Å². The molecule has 10 nitrogen and oxygen atoms in total. The van der Waals surface area contributed by atoms with Crippen molar-refractivity contribution in [1.29, 1.82) is 0 Å². The Morgan fingerprint density at radius 2 is 1.59 bits per heavy atom. The molecule has 6 N–H and O–H groups in total. The van der Waals surface area contributed by atoms with Crippen LogP contribution in [0.4, 0.5) is 5.69 Å². The molecule has 1 saturated heterocycles. The number of likely N-dealkylation sites (N-methyl/N-ethyl adjacent to an activating group) is 1. The smallest absolute Gasteiger partial charge is 0.335 e. The number of aliphatic carboxylic acids is 2. The fourth-order valence-corrected chi connectivity index (χ4v) is 3.42. The predicted octanol–water partition coefficient (Wildman–Crippen LogP) is 0.458. The molecule has 2 atom stereocenters. The van der Waals surface area contributed by atoms with E-state index in [-0.39, 0.29) is 0 Å². The minimum Gasteiger partial charge on any atom is -0.479 e. The summed E-state index contributed by atoms with van der Waals surface area (Å²) in [7, 11) is 2.11. The summed E-state index contributed by atoms with van der Waals surface area (Å²) in [6.45, 7) is 6.12. The van der Waals surface area contributed by atoms with Crippen molar-refractivity contribution in [3.05, 3.63) is 54.1 Å². The first-order valence-electron chi connectivity index (χ1n) is 11.0. The first kappa shape index (κ1) is 27.2. The number of nitrogens with two attached hydrogens (primary N) is 1. The van der Waals surface area contributed by atoms with Crippen LogP contribution in [-0.2, 0) is 20.9 Å². The van der Waals surface area contributed by atoms with Crippen LogP contribution in [0.15, 0.2) is 48.5 Å². The van der Waals surface area contributed by atoms with Crippen LogP contribution in [0, 0.1) is 0 Å². The summed E-state index contributed by atoms with van der Waals surface area (Å²) < 4.78 is 5.42. The number of hydrogen-bond donors (Lipinski definition) is 5. The molecule has 1 aliphatic heterocycles. The molecule has 0 aromatic heterocycles. The lowest BCUT2D eigenvalue weighted by atomic mass is 10.0. The van der Waals surface area contributed by atoms with E-state index in [1.54, 1.807) is 0 Å². The number of aliphatic hydroxyl groups is 2. The summed E-state index contributed by atoms with van der Waals surface area (Å²) in [5.74, 6) is -3.54. The van der Waals surface area contributed by atoms with Crippen molar-refractivity contribution in [1.82, 2.24) is 4.90 Å². The van der Waals surface area contributed by atoms with Gasteiger partial charge in [0.2, 0.25) is 0 Å². The molecule has 2 aromatic carbocycles. The maximum atomic E-state index is 9.77. The van der Waals surface area contributed by atoms with Gasteiger partial charge < -0.3 is 40.7 Å². The summed E-state index contributed by atoms with van der Waals surface area (Å²) in [4.78, 5) is 24.2. The summed E-state index contributed by atoms with van der Waals surface area (Å²) in [6, 6.07) is 17.6. The number of aliphatic hydroxyl groups excluding tert-OH is 2. The molecule has 10 heteroatoms. The Hall–Kier alpha value is -3.02. The van der Waals surface area contributed by atoms with Gasteiger partial charge in [0.05, 0.1) is 13.2 Å². The van der Waals surface area contributed by atoms with Crippen molar-refractivity contribution < 1.29 is 34.8 Å². The van der Waals surface area contributed by atoms with E-state index in [0.29, 0.717) is 6.54 Å². The Balaban J connectivity index is 0.000000347. The average Bonchev–Trinajstić information content (AvgIpc) is 2.84. The quantitative estimate of drug-likeness (QED) is 0.345. The minimum absolute atomic E-state index is 0.694. The van der Waals surface area contributed by atoms with Crippen molar-refractivity contribution in [2.24, 2.45) is 5.73 Å². The van der Waals surface area contributed by atoms with Crippen molar-refractivity contribution in [3.8, 4) is 11.1 Å². The number of rotatable bonds is 9. The van der Waals surface area contributed by atoms with Gasteiger partial charge in [0.15, 0.2) is 12.2 Å². The van der Waals surface area contributed by atoms with Gasteiger partial charge in [0.1, 0.15) is 0 Å². The third-order valence-corrected chi connectivity index (χ3v) is 5.27. The van der Waals surface area contributed by atoms with Gasteiger partial charge in [-0.1, -0.05) is 30.3 Å². The van der Waals surface area contributed by atoms with E-state index in [1.165, 1.54) is 22.4 Å². The highest BCUT2D eigenvalue weighted by molar-refractivity contribution is 5.83. The molecular formula is C24H33N3O7. The average molecular weight is 476 g/mol. The molecule has 2 aromatic rings. The first-order chi connectivity index (χ1) is 16.2. The van der Waals surface area contributed by atoms with E-state index >= 15 is 0 Å². The van der Waals surface area contributed by atoms with E-state index in [1.807, 2.05) is 0 Å². The number of ether oxygens (including phenoxy) is 1. The molecule has 1 heterocycles. The summed E-state index contributed by atoms with van der Waals surface area (Å²) >= 11 is 0. The fraction of sp³-hybridized carbons (Fsp3) is 0.417. The predicted molar refractivity (Wildman–Crippen MR) is 128 cm³/mol. The highest BCUT2D eigenvalue weighted by atomic mass is 16.5. The third-order valence-electron chi connectivity index (χ3n) is 5.27.